The predicted octanol–water partition coefficient (Wildman–Crippen LogP) is -0.0769. The van der Waals surface area contributed by atoms with Crippen molar-refractivity contribution < 1.29 is 4.74 Å². The number of rotatable bonds is 0. The van der Waals surface area contributed by atoms with Crippen LogP contribution in [0.3, 0.4) is 0 Å². The summed E-state index contributed by atoms with van der Waals surface area (Å²) in [5.74, 6) is 0. The van der Waals surface area contributed by atoms with Gasteiger partial charge in [0.25, 0.3) is 0 Å². The Labute approximate surface area is 43.2 Å². The van der Waals surface area contributed by atoms with Crippen molar-refractivity contribution in [1.29, 1.82) is 0 Å². The number of nitrogens with one attached hydrogen (secondary N) is 1. The van der Waals surface area contributed by atoms with E-state index in [2.05, 4.69) is 11.5 Å². The van der Waals surface area contributed by atoms with Crippen LogP contribution >= 0.6 is 0 Å². The summed E-state index contributed by atoms with van der Waals surface area (Å²) in [5.41, 5.74) is 0. The third-order valence-electron chi connectivity index (χ3n) is 0.777. The second kappa shape index (κ2) is 2.64. The van der Waals surface area contributed by atoms with E-state index in [1.807, 2.05) is 6.08 Å². The summed E-state index contributed by atoms with van der Waals surface area (Å²) >= 11 is 0. The Hall–Kier alpha value is -0.500. The molecule has 0 aromatic heterocycles. The minimum atomic E-state index is 0.701. The van der Waals surface area contributed by atoms with E-state index in [1.165, 1.54) is 0 Å². The molecule has 39 valence electrons. The summed E-state index contributed by atoms with van der Waals surface area (Å²) in [6.45, 7) is 2.38. The van der Waals surface area contributed by atoms with E-state index < -0.39 is 0 Å². The Morgan fingerprint density at radius 3 is 3.71 bits per heavy atom. The van der Waals surface area contributed by atoms with Crippen LogP contribution in [0.15, 0.2) is 6.08 Å². The van der Waals surface area contributed by atoms with Gasteiger partial charge < -0.3 is 10.1 Å². The van der Waals surface area contributed by atoms with Crippen molar-refractivity contribution in [1.82, 2.24) is 5.32 Å². The van der Waals surface area contributed by atoms with Crippen molar-refractivity contribution in [3.8, 4) is 0 Å². The van der Waals surface area contributed by atoms with E-state index in [-0.39, 0.29) is 0 Å². The fraction of sp³-hybridized carbons (Fsp3) is 0.600. The second-order valence-corrected chi connectivity index (χ2v) is 1.35. The summed E-state index contributed by atoms with van der Waals surface area (Å²) in [4.78, 5) is 0. The zero-order chi connectivity index (χ0) is 4.95. The standard InChI is InChI=1S/C5H8NO/c1-2-6-3-5-7-4-1/h1,6H,3-5H2. The molecule has 1 heterocycles. The zero-order valence-corrected chi connectivity index (χ0v) is 4.11. The molecule has 0 saturated carbocycles. The highest BCUT2D eigenvalue weighted by molar-refractivity contribution is 4.73. The Balaban J connectivity index is 2.20. The third kappa shape index (κ3) is 1.59. The van der Waals surface area contributed by atoms with Crippen LogP contribution in [0.4, 0.5) is 0 Å². The zero-order valence-electron chi connectivity index (χ0n) is 4.11. The van der Waals surface area contributed by atoms with Crippen LogP contribution in [0.25, 0.3) is 0 Å². The minimum Gasteiger partial charge on any atom is -0.381 e. The van der Waals surface area contributed by atoms with Gasteiger partial charge in [-0.05, 0) is 6.08 Å². The molecule has 0 aromatic rings. The van der Waals surface area contributed by atoms with Crippen molar-refractivity contribution >= 4 is 0 Å². The molecule has 0 bridgehead atoms. The monoisotopic (exact) mass is 98.1 g/mol. The van der Waals surface area contributed by atoms with Crippen molar-refractivity contribution in [2.45, 2.75) is 0 Å². The van der Waals surface area contributed by atoms with Crippen molar-refractivity contribution in [2.75, 3.05) is 19.8 Å². The average molecular weight is 98.1 g/mol. The second-order valence-electron chi connectivity index (χ2n) is 1.35. The molecular formula is C5H8NO. The molecule has 0 spiro atoms. The molecule has 0 fully saturated rings. The average Bonchev–Trinajstić information content (AvgIpc) is 1.90. The maximum atomic E-state index is 5.01. The van der Waals surface area contributed by atoms with Gasteiger partial charge in [-0.3, -0.25) is 0 Å². The van der Waals surface area contributed by atoms with Gasteiger partial charge in [0.1, 0.15) is 0 Å². The SMILES string of the molecule is [C]1=CCOCCN1. The van der Waals surface area contributed by atoms with E-state index in [4.69, 9.17) is 4.74 Å². The molecule has 0 aliphatic carbocycles. The van der Waals surface area contributed by atoms with Crippen LogP contribution in [-0.2, 0) is 4.74 Å². The summed E-state index contributed by atoms with van der Waals surface area (Å²) in [7, 11) is 0. The topological polar surface area (TPSA) is 21.3 Å². The van der Waals surface area contributed by atoms with E-state index in [1.54, 1.807) is 0 Å². The molecule has 1 N–H and O–H groups in total. The highest BCUT2D eigenvalue weighted by atomic mass is 16.5. The highest BCUT2D eigenvalue weighted by Gasteiger charge is 1.86. The van der Waals surface area contributed by atoms with Crippen LogP contribution in [0.5, 0.6) is 0 Å². The lowest BCUT2D eigenvalue weighted by molar-refractivity contribution is 0.172. The first-order valence-corrected chi connectivity index (χ1v) is 2.38. The van der Waals surface area contributed by atoms with Gasteiger partial charge in [0.15, 0.2) is 0 Å². The molecule has 0 saturated heterocycles. The molecule has 1 rings (SSSR count). The van der Waals surface area contributed by atoms with Gasteiger partial charge in [-0.1, -0.05) is 0 Å². The van der Waals surface area contributed by atoms with Gasteiger partial charge in [-0.15, -0.1) is 0 Å². The summed E-state index contributed by atoms with van der Waals surface area (Å²) in [6, 6.07) is 0. The number of hydrogen-bond donors (Lipinski definition) is 1. The van der Waals surface area contributed by atoms with E-state index in [0.29, 0.717) is 6.61 Å². The molecule has 1 radical (unpaired) electrons. The lowest BCUT2D eigenvalue weighted by Crippen LogP contribution is -2.10. The first-order valence-electron chi connectivity index (χ1n) is 2.38. The maximum absolute atomic E-state index is 5.01. The van der Waals surface area contributed by atoms with E-state index in [9.17, 15) is 0 Å². The van der Waals surface area contributed by atoms with Gasteiger partial charge in [0.05, 0.1) is 19.4 Å². The largest absolute Gasteiger partial charge is 0.381 e. The van der Waals surface area contributed by atoms with E-state index >= 15 is 0 Å². The Morgan fingerprint density at radius 2 is 2.71 bits per heavy atom. The molecule has 0 amide bonds. The van der Waals surface area contributed by atoms with Crippen molar-refractivity contribution in [3.05, 3.63) is 12.3 Å². The fourth-order valence-electron chi connectivity index (χ4n) is 0.451. The molecule has 0 aromatic carbocycles. The maximum Gasteiger partial charge on any atom is 0.0671 e. The Kier molecular flexibility index (Phi) is 1.75. The van der Waals surface area contributed by atoms with Crippen molar-refractivity contribution in [3.63, 3.8) is 0 Å². The Bertz CT molecular complexity index is 62.5. The fourth-order valence-corrected chi connectivity index (χ4v) is 0.451. The number of ether oxygens (including phenoxy) is 1. The minimum absolute atomic E-state index is 0.701. The summed E-state index contributed by atoms with van der Waals surface area (Å²) in [5, 5.41) is 2.92. The van der Waals surface area contributed by atoms with Crippen molar-refractivity contribution in [2.24, 2.45) is 0 Å². The van der Waals surface area contributed by atoms with Gasteiger partial charge >= 0.3 is 0 Å². The van der Waals surface area contributed by atoms with Crippen LogP contribution < -0.4 is 5.32 Å². The number of hydrogen-bond acceptors (Lipinski definition) is 2. The summed E-state index contributed by atoms with van der Waals surface area (Å²) < 4.78 is 5.01. The summed E-state index contributed by atoms with van der Waals surface area (Å²) in [6.07, 6.45) is 4.69. The first kappa shape index (κ1) is 4.65. The normalized spacial score (nSPS) is 20.6. The molecule has 1 aliphatic rings. The van der Waals surface area contributed by atoms with Crippen LogP contribution in [0.2, 0.25) is 0 Å². The molecule has 0 unspecified atom stereocenters. The molecule has 2 nitrogen and oxygen atoms in total. The van der Waals surface area contributed by atoms with Crippen LogP contribution in [0, 0.1) is 6.20 Å². The quantitative estimate of drug-likeness (QED) is 0.457. The lowest BCUT2D eigenvalue weighted by atomic mass is 10.6. The van der Waals surface area contributed by atoms with Crippen LogP contribution in [-0.4, -0.2) is 19.8 Å². The molecule has 7 heavy (non-hydrogen) atoms. The predicted molar refractivity (Wildman–Crippen MR) is 26.6 cm³/mol. The first-order chi connectivity index (χ1) is 3.50. The molecule has 0 atom stereocenters. The molecule has 1 aliphatic heterocycles. The van der Waals surface area contributed by atoms with Gasteiger partial charge in [0.2, 0.25) is 0 Å². The highest BCUT2D eigenvalue weighted by Crippen LogP contribution is 1.78. The van der Waals surface area contributed by atoms with E-state index in [0.717, 1.165) is 13.2 Å². The lowest BCUT2D eigenvalue weighted by Gasteiger charge is -1.92. The third-order valence-corrected chi connectivity index (χ3v) is 0.777. The molecule has 2 heteroatoms. The Morgan fingerprint density at radius 1 is 1.71 bits per heavy atom. The smallest absolute Gasteiger partial charge is 0.0671 e. The van der Waals surface area contributed by atoms with Gasteiger partial charge in [0, 0.05) is 6.54 Å². The van der Waals surface area contributed by atoms with Crippen LogP contribution in [0.1, 0.15) is 0 Å². The molecular weight excluding hydrogens is 90.1 g/mol. The van der Waals surface area contributed by atoms with Gasteiger partial charge in [-0.25, -0.2) is 0 Å². The van der Waals surface area contributed by atoms with Gasteiger partial charge in [-0.2, -0.15) is 0 Å².